The number of fused-ring (bicyclic) bond motifs is 2. The van der Waals surface area contributed by atoms with Crippen LogP contribution in [0.5, 0.6) is 0 Å². The lowest BCUT2D eigenvalue weighted by atomic mass is 10.3. The molecule has 0 saturated heterocycles. The fourth-order valence-electron chi connectivity index (χ4n) is 1.95. The molecule has 0 spiro atoms. The summed E-state index contributed by atoms with van der Waals surface area (Å²) in [6.45, 7) is 0. The van der Waals surface area contributed by atoms with Crippen molar-refractivity contribution in [2.75, 3.05) is 0 Å². The highest BCUT2D eigenvalue weighted by molar-refractivity contribution is 7.99. The van der Waals surface area contributed by atoms with E-state index in [1.54, 1.807) is 11.3 Å². The molecule has 0 aliphatic carbocycles. The zero-order valence-corrected chi connectivity index (χ0v) is 12.4. The first-order chi connectivity index (χ1) is 9.79. The third-order valence-corrected chi connectivity index (χ3v) is 4.69. The molecule has 1 aromatic carbocycles. The SMILES string of the molecule is Clc1nc(Sc2nc3ccccc3[nH]2)c2ccsc2n1. The van der Waals surface area contributed by atoms with Crippen molar-refractivity contribution >= 4 is 55.9 Å². The molecule has 0 unspecified atom stereocenters. The number of benzene rings is 1. The van der Waals surface area contributed by atoms with Crippen LogP contribution in [-0.2, 0) is 0 Å². The summed E-state index contributed by atoms with van der Waals surface area (Å²) < 4.78 is 0. The molecule has 1 N–H and O–H groups in total. The van der Waals surface area contributed by atoms with Crippen LogP contribution in [0.25, 0.3) is 21.3 Å². The van der Waals surface area contributed by atoms with Crippen molar-refractivity contribution < 1.29 is 0 Å². The molecule has 0 aliphatic rings. The van der Waals surface area contributed by atoms with Crippen LogP contribution in [0.2, 0.25) is 5.28 Å². The number of nitrogens with one attached hydrogen (secondary N) is 1. The van der Waals surface area contributed by atoms with Gasteiger partial charge in [0.2, 0.25) is 5.28 Å². The van der Waals surface area contributed by atoms with Crippen LogP contribution in [0, 0.1) is 0 Å². The second kappa shape index (κ2) is 4.73. The highest BCUT2D eigenvalue weighted by Crippen LogP contribution is 2.33. The number of hydrogen-bond donors (Lipinski definition) is 1. The molecular weight excluding hydrogens is 312 g/mol. The third kappa shape index (κ3) is 2.06. The Morgan fingerprint density at radius 3 is 2.90 bits per heavy atom. The van der Waals surface area contributed by atoms with E-state index in [-0.39, 0.29) is 5.28 Å². The zero-order valence-electron chi connectivity index (χ0n) is 10.0. The summed E-state index contributed by atoms with van der Waals surface area (Å²) in [6.07, 6.45) is 0. The number of aromatic amines is 1. The lowest BCUT2D eigenvalue weighted by Gasteiger charge is -1.99. The number of halogens is 1. The Morgan fingerprint density at radius 1 is 1.10 bits per heavy atom. The van der Waals surface area contributed by atoms with Gasteiger partial charge >= 0.3 is 0 Å². The van der Waals surface area contributed by atoms with Crippen molar-refractivity contribution in [3.8, 4) is 0 Å². The van der Waals surface area contributed by atoms with Crippen molar-refractivity contribution in [2.45, 2.75) is 10.2 Å². The maximum absolute atomic E-state index is 5.97. The van der Waals surface area contributed by atoms with Gasteiger partial charge in [-0.3, -0.25) is 0 Å². The second-order valence-electron chi connectivity index (χ2n) is 4.10. The first kappa shape index (κ1) is 12.1. The Balaban J connectivity index is 1.81. The molecule has 0 radical (unpaired) electrons. The fourth-order valence-corrected chi connectivity index (χ4v) is 3.94. The molecule has 4 nitrogen and oxygen atoms in total. The van der Waals surface area contributed by atoms with Gasteiger partial charge in [0.05, 0.1) is 11.0 Å². The predicted molar refractivity (Wildman–Crippen MR) is 82.6 cm³/mol. The van der Waals surface area contributed by atoms with E-state index in [2.05, 4.69) is 19.9 Å². The zero-order chi connectivity index (χ0) is 13.5. The fraction of sp³-hybridized carbons (Fsp3) is 0. The highest BCUT2D eigenvalue weighted by Gasteiger charge is 2.11. The normalized spacial score (nSPS) is 11.4. The quantitative estimate of drug-likeness (QED) is 0.440. The molecule has 7 heteroatoms. The lowest BCUT2D eigenvalue weighted by Crippen LogP contribution is -1.86. The van der Waals surface area contributed by atoms with Crippen molar-refractivity contribution in [2.24, 2.45) is 0 Å². The van der Waals surface area contributed by atoms with Gasteiger partial charge < -0.3 is 4.98 Å². The van der Waals surface area contributed by atoms with Gasteiger partial charge in [0.1, 0.15) is 9.86 Å². The van der Waals surface area contributed by atoms with Gasteiger partial charge in [0.25, 0.3) is 0 Å². The van der Waals surface area contributed by atoms with E-state index in [1.807, 2.05) is 35.7 Å². The maximum Gasteiger partial charge on any atom is 0.224 e. The Labute approximate surface area is 127 Å². The van der Waals surface area contributed by atoms with E-state index >= 15 is 0 Å². The summed E-state index contributed by atoms with van der Waals surface area (Å²) in [4.78, 5) is 17.2. The number of para-hydroxylation sites is 2. The van der Waals surface area contributed by atoms with Crippen LogP contribution in [-0.4, -0.2) is 19.9 Å². The first-order valence-corrected chi connectivity index (χ1v) is 7.90. The van der Waals surface area contributed by atoms with Crippen molar-refractivity contribution in [1.82, 2.24) is 19.9 Å². The molecule has 0 aliphatic heterocycles. The van der Waals surface area contributed by atoms with Crippen LogP contribution in [0.15, 0.2) is 45.9 Å². The standard InChI is InChI=1S/C13H7ClN4S2/c14-12-17-10-7(5-6-19-10)11(18-12)20-13-15-8-3-1-2-4-9(8)16-13/h1-6H,(H,15,16). The van der Waals surface area contributed by atoms with E-state index < -0.39 is 0 Å². The van der Waals surface area contributed by atoms with Gasteiger partial charge in [-0.1, -0.05) is 12.1 Å². The average Bonchev–Trinajstić information content (AvgIpc) is 3.03. The van der Waals surface area contributed by atoms with Crippen LogP contribution in [0.3, 0.4) is 0 Å². The number of hydrogen-bond acceptors (Lipinski definition) is 5. The topological polar surface area (TPSA) is 54.5 Å². The van der Waals surface area contributed by atoms with Gasteiger partial charge in [-0.25, -0.2) is 15.0 Å². The summed E-state index contributed by atoms with van der Waals surface area (Å²) in [5, 5.41) is 4.87. The number of imidazole rings is 1. The van der Waals surface area contributed by atoms with E-state index in [0.717, 1.165) is 31.4 Å². The Kier molecular flexibility index (Phi) is 2.87. The minimum atomic E-state index is 0.263. The molecule has 0 amide bonds. The summed E-state index contributed by atoms with van der Waals surface area (Å²) >= 11 is 8.98. The van der Waals surface area contributed by atoms with Gasteiger partial charge in [0, 0.05) is 5.39 Å². The van der Waals surface area contributed by atoms with E-state index in [1.165, 1.54) is 11.8 Å². The largest absolute Gasteiger partial charge is 0.333 e. The van der Waals surface area contributed by atoms with Gasteiger partial charge in [-0.05, 0) is 46.9 Å². The predicted octanol–water partition coefficient (Wildman–Crippen LogP) is 4.37. The summed E-state index contributed by atoms with van der Waals surface area (Å²) in [5.74, 6) is 0. The second-order valence-corrected chi connectivity index (χ2v) is 6.31. The molecule has 0 bridgehead atoms. The molecule has 3 aromatic heterocycles. The molecular formula is C13H7ClN4S2. The molecule has 0 fully saturated rings. The summed E-state index contributed by atoms with van der Waals surface area (Å²) in [7, 11) is 0. The maximum atomic E-state index is 5.97. The number of H-pyrrole nitrogens is 1. The third-order valence-electron chi connectivity index (χ3n) is 2.82. The number of thiophene rings is 1. The molecule has 4 aromatic rings. The average molecular weight is 319 g/mol. The highest BCUT2D eigenvalue weighted by atomic mass is 35.5. The lowest BCUT2D eigenvalue weighted by molar-refractivity contribution is 1.05. The van der Waals surface area contributed by atoms with Gasteiger partial charge in [0.15, 0.2) is 5.16 Å². The molecule has 0 saturated carbocycles. The van der Waals surface area contributed by atoms with Crippen molar-refractivity contribution in [1.29, 1.82) is 0 Å². The Bertz CT molecular complexity index is 882. The van der Waals surface area contributed by atoms with Crippen LogP contribution >= 0.6 is 34.7 Å². The van der Waals surface area contributed by atoms with E-state index in [9.17, 15) is 0 Å². The van der Waals surface area contributed by atoms with Crippen LogP contribution in [0.1, 0.15) is 0 Å². The molecule has 0 atom stereocenters. The number of rotatable bonds is 2. The molecule has 98 valence electrons. The van der Waals surface area contributed by atoms with Gasteiger partial charge in [-0.2, -0.15) is 0 Å². The minimum Gasteiger partial charge on any atom is -0.333 e. The molecule has 20 heavy (non-hydrogen) atoms. The van der Waals surface area contributed by atoms with Crippen LogP contribution in [0.4, 0.5) is 0 Å². The summed E-state index contributed by atoms with van der Waals surface area (Å²) in [5.41, 5.74) is 1.95. The van der Waals surface area contributed by atoms with Crippen molar-refractivity contribution in [3.05, 3.63) is 41.0 Å². The number of nitrogens with zero attached hydrogens (tertiary/aromatic N) is 3. The number of aromatic nitrogens is 4. The van der Waals surface area contributed by atoms with E-state index in [0.29, 0.717) is 0 Å². The Hall–Kier alpha value is -1.63. The molecule has 3 heterocycles. The monoisotopic (exact) mass is 318 g/mol. The molecule has 4 rings (SSSR count). The van der Waals surface area contributed by atoms with Crippen molar-refractivity contribution in [3.63, 3.8) is 0 Å². The Morgan fingerprint density at radius 2 is 2.00 bits per heavy atom. The van der Waals surface area contributed by atoms with Crippen LogP contribution < -0.4 is 0 Å². The minimum absolute atomic E-state index is 0.263. The van der Waals surface area contributed by atoms with E-state index in [4.69, 9.17) is 11.6 Å². The first-order valence-electron chi connectivity index (χ1n) is 5.83. The van der Waals surface area contributed by atoms with Gasteiger partial charge in [-0.15, -0.1) is 11.3 Å². The smallest absolute Gasteiger partial charge is 0.224 e. The summed E-state index contributed by atoms with van der Waals surface area (Å²) in [6, 6.07) is 9.92.